The largest absolute Gasteiger partial charge is 0.324 e. The Morgan fingerprint density at radius 2 is 1.95 bits per heavy atom. The summed E-state index contributed by atoms with van der Waals surface area (Å²) in [6.07, 6.45) is 0.810. The van der Waals surface area contributed by atoms with Crippen LogP contribution >= 0.6 is 0 Å². The van der Waals surface area contributed by atoms with Gasteiger partial charge in [-0.2, -0.15) is 5.26 Å². The molecule has 2 rings (SSSR count). The lowest BCUT2D eigenvalue weighted by Gasteiger charge is -2.07. The number of amides is 1. The van der Waals surface area contributed by atoms with Gasteiger partial charge in [-0.1, -0.05) is 18.2 Å². The van der Waals surface area contributed by atoms with E-state index in [1.54, 1.807) is 24.3 Å². The van der Waals surface area contributed by atoms with Crippen molar-refractivity contribution in [2.75, 3.05) is 5.32 Å². The molecule has 1 amide bonds. The van der Waals surface area contributed by atoms with E-state index >= 15 is 0 Å². The summed E-state index contributed by atoms with van der Waals surface area (Å²) in [5.41, 5.74) is 2.65. The average molecular weight is 282 g/mol. The molecule has 0 heterocycles. The molecule has 3 nitrogen and oxygen atoms in total. The summed E-state index contributed by atoms with van der Waals surface area (Å²) in [4.78, 5) is 11.8. The van der Waals surface area contributed by atoms with Gasteiger partial charge in [0.1, 0.15) is 5.82 Å². The van der Waals surface area contributed by atoms with Crippen molar-refractivity contribution in [3.05, 3.63) is 65.0 Å². The molecule has 0 bridgehead atoms. The highest BCUT2D eigenvalue weighted by molar-refractivity contribution is 5.91. The molecule has 2 aromatic rings. The maximum Gasteiger partial charge on any atom is 0.224 e. The number of benzene rings is 2. The van der Waals surface area contributed by atoms with Crippen LogP contribution in [0.3, 0.4) is 0 Å². The van der Waals surface area contributed by atoms with Gasteiger partial charge < -0.3 is 5.32 Å². The second kappa shape index (κ2) is 6.67. The zero-order valence-corrected chi connectivity index (χ0v) is 11.7. The van der Waals surface area contributed by atoms with Crippen LogP contribution in [0.4, 0.5) is 10.1 Å². The highest BCUT2D eigenvalue weighted by Crippen LogP contribution is 2.16. The van der Waals surface area contributed by atoms with Gasteiger partial charge in [0.05, 0.1) is 17.3 Å². The van der Waals surface area contributed by atoms with Gasteiger partial charge in [-0.15, -0.1) is 0 Å². The van der Waals surface area contributed by atoms with E-state index in [1.807, 2.05) is 25.1 Å². The van der Waals surface area contributed by atoms with E-state index in [0.29, 0.717) is 12.0 Å². The van der Waals surface area contributed by atoms with Gasteiger partial charge in [-0.05, 0) is 48.7 Å². The molecule has 21 heavy (non-hydrogen) atoms. The highest BCUT2D eigenvalue weighted by atomic mass is 19.1. The minimum Gasteiger partial charge on any atom is -0.324 e. The van der Waals surface area contributed by atoms with Crippen molar-refractivity contribution >= 4 is 11.6 Å². The van der Waals surface area contributed by atoms with E-state index in [0.717, 1.165) is 11.1 Å². The Balaban J connectivity index is 1.92. The van der Waals surface area contributed by atoms with Crippen molar-refractivity contribution in [3.8, 4) is 6.07 Å². The summed E-state index contributed by atoms with van der Waals surface area (Å²) in [5.74, 6) is -0.670. The minimum atomic E-state index is -0.438. The number of hydrogen-bond acceptors (Lipinski definition) is 2. The van der Waals surface area contributed by atoms with E-state index in [1.165, 1.54) is 6.07 Å². The van der Waals surface area contributed by atoms with Crippen molar-refractivity contribution in [1.29, 1.82) is 5.26 Å². The predicted molar refractivity (Wildman–Crippen MR) is 79.2 cm³/mol. The smallest absolute Gasteiger partial charge is 0.224 e. The highest BCUT2D eigenvalue weighted by Gasteiger charge is 2.07. The van der Waals surface area contributed by atoms with Gasteiger partial charge in [0, 0.05) is 6.42 Å². The first-order chi connectivity index (χ1) is 10.1. The van der Waals surface area contributed by atoms with E-state index in [2.05, 4.69) is 5.32 Å². The summed E-state index contributed by atoms with van der Waals surface area (Å²) in [6.45, 7) is 1.84. The number of nitrogens with one attached hydrogen (secondary N) is 1. The van der Waals surface area contributed by atoms with Crippen molar-refractivity contribution in [3.63, 3.8) is 0 Å². The number of aryl methyl sites for hydroxylation is 2. The Hall–Kier alpha value is -2.67. The van der Waals surface area contributed by atoms with Gasteiger partial charge in [-0.25, -0.2) is 4.39 Å². The van der Waals surface area contributed by atoms with Gasteiger partial charge in [0.25, 0.3) is 0 Å². The Labute approximate surface area is 123 Å². The lowest BCUT2D eigenvalue weighted by atomic mass is 10.1. The molecular weight excluding hydrogens is 267 g/mol. The Bertz CT molecular complexity index is 687. The predicted octanol–water partition coefficient (Wildman–Crippen LogP) is 3.58. The molecule has 0 fully saturated rings. The van der Waals surface area contributed by atoms with Crippen LogP contribution in [-0.2, 0) is 11.2 Å². The number of anilines is 1. The first-order valence-electron chi connectivity index (χ1n) is 6.63. The van der Waals surface area contributed by atoms with Gasteiger partial charge in [0.15, 0.2) is 0 Å². The van der Waals surface area contributed by atoms with E-state index in [4.69, 9.17) is 5.26 Å². The molecule has 0 saturated heterocycles. The molecule has 0 aliphatic rings. The average Bonchev–Trinajstić information content (AvgIpc) is 2.49. The maximum absolute atomic E-state index is 13.5. The van der Waals surface area contributed by atoms with Crippen LogP contribution in [-0.4, -0.2) is 5.91 Å². The summed E-state index contributed by atoms with van der Waals surface area (Å²) in [6, 6.07) is 13.7. The second-order valence-corrected chi connectivity index (χ2v) is 4.84. The fourth-order valence-electron chi connectivity index (χ4n) is 1.95. The van der Waals surface area contributed by atoms with Crippen LogP contribution in [0.2, 0.25) is 0 Å². The first-order valence-corrected chi connectivity index (χ1v) is 6.63. The number of carbonyl (C=O) groups is 1. The number of nitrogens with zero attached hydrogens (tertiary/aromatic N) is 1. The molecular formula is C17H15FN2O. The van der Waals surface area contributed by atoms with Crippen LogP contribution in [0.5, 0.6) is 0 Å². The SMILES string of the molecule is Cc1ccc(F)c(NC(=O)CCc2ccc(C#N)cc2)c1. The number of carbonyl (C=O) groups excluding carboxylic acids is 1. The van der Waals surface area contributed by atoms with Crippen LogP contribution in [0.15, 0.2) is 42.5 Å². The maximum atomic E-state index is 13.5. The fourth-order valence-corrected chi connectivity index (χ4v) is 1.95. The lowest BCUT2D eigenvalue weighted by molar-refractivity contribution is -0.116. The van der Waals surface area contributed by atoms with Crippen molar-refractivity contribution in [2.45, 2.75) is 19.8 Å². The van der Waals surface area contributed by atoms with Crippen LogP contribution in [0.1, 0.15) is 23.1 Å². The molecule has 0 aliphatic carbocycles. The summed E-state index contributed by atoms with van der Waals surface area (Å²) in [7, 11) is 0. The standard InChI is InChI=1S/C17H15FN2O/c1-12-2-8-15(18)16(10-12)20-17(21)9-7-13-3-5-14(11-19)6-4-13/h2-6,8,10H,7,9H2,1H3,(H,20,21). The Morgan fingerprint density at radius 1 is 1.24 bits per heavy atom. The third-order valence-electron chi connectivity index (χ3n) is 3.12. The molecule has 0 atom stereocenters. The fraction of sp³-hybridized carbons (Fsp3) is 0.176. The molecule has 0 saturated carbocycles. The summed E-state index contributed by atoms with van der Waals surface area (Å²) >= 11 is 0. The minimum absolute atomic E-state index is 0.208. The monoisotopic (exact) mass is 282 g/mol. The van der Waals surface area contributed by atoms with E-state index in [9.17, 15) is 9.18 Å². The number of halogens is 1. The number of hydrogen-bond donors (Lipinski definition) is 1. The van der Waals surface area contributed by atoms with Gasteiger partial charge in [0.2, 0.25) is 5.91 Å². The third kappa shape index (κ3) is 4.15. The van der Waals surface area contributed by atoms with E-state index < -0.39 is 5.82 Å². The molecule has 2 aromatic carbocycles. The van der Waals surface area contributed by atoms with Crippen molar-refractivity contribution in [2.24, 2.45) is 0 Å². The Kier molecular flexibility index (Phi) is 4.68. The molecule has 106 valence electrons. The second-order valence-electron chi connectivity index (χ2n) is 4.84. The number of rotatable bonds is 4. The summed E-state index contributed by atoms with van der Waals surface area (Å²) < 4.78 is 13.5. The quantitative estimate of drug-likeness (QED) is 0.932. The van der Waals surface area contributed by atoms with Crippen LogP contribution in [0, 0.1) is 24.1 Å². The van der Waals surface area contributed by atoms with Crippen LogP contribution in [0.25, 0.3) is 0 Å². The van der Waals surface area contributed by atoms with Gasteiger partial charge >= 0.3 is 0 Å². The molecule has 0 aliphatic heterocycles. The normalized spacial score (nSPS) is 9.95. The molecule has 0 radical (unpaired) electrons. The lowest BCUT2D eigenvalue weighted by Crippen LogP contribution is -2.13. The zero-order valence-electron chi connectivity index (χ0n) is 11.7. The Morgan fingerprint density at radius 3 is 2.62 bits per heavy atom. The van der Waals surface area contributed by atoms with Crippen LogP contribution < -0.4 is 5.32 Å². The van der Waals surface area contributed by atoms with Crippen molar-refractivity contribution in [1.82, 2.24) is 0 Å². The topological polar surface area (TPSA) is 52.9 Å². The first kappa shape index (κ1) is 14.7. The molecule has 0 unspecified atom stereocenters. The van der Waals surface area contributed by atoms with Gasteiger partial charge in [-0.3, -0.25) is 4.79 Å². The summed E-state index contributed by atoms with van der Waals surface area (Å²) in [5, 5.41) is 11.3. The van der Waals surface area contributed by atoms with Crippen molar-refractivity contribution < 1.29 is 9.18 Å². The molecule has 0 aromatic heterocycles. The molecule has 1 N–H and O–H groups in total. The molecule has 0 spiro atoms. The third-order valence-corrected chi connectivity index (χ3v) is 3.12. The van der Waals surface area contributed by atoms with E-state index in [-0.39, 0.29) is 18.0 Å². The molecule has 4 heteroatoms. The number of nitriles is 1. The zero-order chi connectivity index (χ0) is 15.2.